The van der Waals surface area contributed by atoms with Crippen molar-refractivity contribution in [3.05, 3.63) is 134 Å². The smallest absolute Gasteiger partial charge is 0.0888 e. The molecule has 0 aliphatic carbocycles. The maximum absolute atomic E-state index is 4.64. The van der Waals surface area contributed by atoms with Gasteiger partial charge in [-0.25, -0.2) is 0 Å². The quantitative estimate of drug-likeness (QED) is 0.235. The molecule has 3 heteroatoms. The van der Waals surface area contributed by atoms with Crippen LogP contribution in [0.3, 0.4) is 0 Å². The number of fused-ring (bicyclic) bond motifs is 6. The third-order valence-electron chi connectivity index (χ3n) is 7.46. The Labute approximate surface area is 224 Å². The number of benzene rings is 5. The van der Waals surface area contributed by atoms with Crippen molar-refractivity contribution in [3.63, 3.8) is 0 Å². The Kier molecular flexibility index (Phi) is 4.73. The highest BCUT2D eigenvalue weighted by Gasteiger charge is 2.12. The average Bonchev–Trinajstić information content (AvgIpc) is 3.53. The number of thiophene rings is 1. The average molecular weight is 503 g/mol. The largest absolute Gasteiger partial charge is 0.309 e. The van der Waals surface area contributed by atoms with Gasteiger partial charge in [-0.1, -0.05) is 72.8 Å². The zero-order chi connectivity index (χ0) is 25.1. The van der Waals surface area contributed by atoms with Crippen LogP contribution in [0.5, 0.6) is 0 Å². The number of rotatable bonds is 3. The van der Waals surface area contributed by atoms with E-state index in [-0.39, 0.29) is 0 Å². The van der Waals surface area contributed by atoms with Gasteiger partial charge in [0.15, 0.2) is 0 Å². The SMILES string of the molecule is c1cc(-c2ccc(-n3c4ccccc4c4ccccc43)cc2)cc(-c2ccc3sc4cccnc4c3c2)c1. The highest BCUT2D eigenvalue weighted by molar-refractivity contribution is 7.25. The summed E-state index contributed by atoms with van der Waals surface area (Å²) < 4.78 is 4.87. The van der Waals surface area contributed by atoms with Gasteiger partial charge in [0, 0.05) is 32.7 Å². The second-order valence-corrected chi connectivity index (χ2v) is 10.7. The van der Waals surface area contributed by atoms with Crippen molar-refractivity contribution in [2.45, 2.75) is 0 Å². The molecule has 0 amide bonds. The van der Waals surface area contributed by atoms with Gasteiger partial charge in [0.1, 0.15) is 0 Å². The molecule has 0 saturated heterocycles. The van der Waals surface area contributed by atoms with Gasteiger partial charge in [0.25, 0.3) is 0 Å². The van der Waals surface area contributed by atoms with Crippen LogP contribution in [0.1, 0.15) is 0 Å². The zero-order valence-electron chi connectivity index (χ0n) is 20.5. The molecule has 0 spiro atoms. The van der Waals surface area contributed by atoms with E-state index in [0.29, 0.717) is 0 Å². The number of nitrogens with zero attached hydrogens (tertiary/aromatic N) is 2. The van der Waals surface area contributed by atoms with Crippen LogP contribution in [0, 0.1) is 0 Å². The lowest BCUT2D eigenvalue weighted by atomic mass is 9.98. The zero-order valence-corrected chi connectivity index (χ0v) is 21.3. The standard InChI is InChI=1S/C35H22N2S/c1-3-11-31-28(9-1)29-10-2-4-12-32(29)37(31)27-17-14-23(15-18-27)24-7-5-8-25(21-24)26-16-19-33-30(22-26)35-34(38-33)13-6-20-36-35/h1-22H. The molecule has 5 aromatic carbocycles. The molecule has 0 N–H and O–H groups in total. The van der Waals surface area contributed by atoms with Gasteiger partial charge < -0.3 is 4.57 Å². The summed E-state index contributed by atoms with van der Waals surface area (Å²) >= 11 is 1.80. The van der Waals surface area contributed by atoms with Crippen molar-refractivity contribution in [2.75, 3.05) is 0 Å². The first-order valence-corrected chi connectivity index (χ1v) is 13.6. The van der Waals surface area contributed by atoms with E-state index in [4.69, 9.17) is 0 Å². The molecule has 0 bridgehead atoms. The van der Waals surface area contributed by atoms with Gasteiger partial charge >= 0.3 is 0 Å². The maximum Gasteiger partial charge on any atom is 0.0888 e. The van der Waals surface area contributed by atoms with Gasteiger partial charge in [0.2, 0.25) is 0 Å². The lowest BCUT2D eigenvalue weighted by molar-refractivity contribution is 1.18. The minimum atomic E-state index is 1.09. The lowest BCUT2D eigenvalue weighted by Crippen LogP contribution is -1.93. The summed E-state index contributed by atoms with van der Waals surface area (Å²) in [6.45, 7) is 0. The molecule has 0 atom stereocenters. The Morgan fingerprint density at radius 3 is 1.89 bits per heavy atom. The predicted molar refractivity (Wildman–Crippen MR) is 162 cm³/mol. The van der Waals surface area contributed by atoms with Crippen molar-refractivity contribution in [2.24, 2.45) is 0 Å². The van der Waals surface area contributed by atoms with E-state index in [1.807, 2.05) is 12.3 Å². The van der Waals surface area contributed by atoms with Crippen molar-refractivity contribution < 1.29 is 0 Å². The molecule has 3 aromatic heterocycles. The van der Waals surface area contributed by atoms with Gasteiger partial charge in [-0.3, -0.25) is 4.98 Å². The molecule has 8 rings (SSSR count). The molecule has 0 aliphatic heterocycles. The first-order valence-electron chi connectivity index (χ1n) is 12.8. The number of hydrogen-bond donors (Lipinski definition) is 0. The Hall–Kier alpha value is -4.73. The monoisotopic (exact) mass is 502 g/mol. The van der Waals surface area contributed by atoms with Crippen LogP contribution in [0.2, 0.25) is 0 Å². The van der Waals surface area contributed by atoms with Crippen LogP contribution >= 0.6 is 11.3 Å². The van der Waals surface area contributed by atoms with E-state index >= 15 is 0 Å². The lowest BCUT2D eigenvalue weighted by Gasteiger charge is -2.10. The first-order chi connectivity index (χ1) is 18.8. The van der Waals surface area contributed by atoms with Crippen LogP contribution in [0.4, 0.5) is 0 Å². The van der Waals surface area contributed by atoms with E-state index in [1.165, 1.54) is 64.5 Å². The molecule has 0 unspecified atom stereocenters. The molecular weight excluding hydrogens is 480 g/mol. The summed E-state index contributed by atoms with van der Waals surface area (Å²) in [5.41, 5.74) is 9.57. The predicted octanol–water partition coefficient (Wildman–Crippen LogP) is 9.88. The summed E-state index contributed by atoms with van der Waals surface area (Å²) in [7, 11) is 0. The summed E-state index contributed by atoms with van der Waals surface area (Å²) in [6, 6.07) is 45.9. The van der Waals surface area contributed by atoms with E-state index in [0.717, 1.165) is 5.52 Å². The van der Waals surface area contributed by atoms with Crippen LogP contribution in [0.25, 0.3) is 70.0 Å². The van der Waals surface area contributed by atoms with E-state index in [9.17, 15) is 0 Å². The fourth-order valence-corrected chi connectivity index (χ4v) is 6.70. The second-order valence-electron chi connectivity index (χ2n) is 9.66. The van der Waals surface area contributed by atoms with Crippen LogP contribution < -0.4 is 0 Å². The van der Waals surface area contributed by atoms with Gasteiger partial charge in [-0.2, -0.15) is 0 Å². The molecule has 0 aliphatic rings. The molecule has 0 radical (unpaired) electrons. The van der Waals surface area contributed by atoms with Crippen molar-refractivity contribution in [3.8, 4) is 27.9 Å². The fraction of sp³-hybridized carbons (Fsp3) is 0. The highest BCUT2D eigenvalue weighted by Crippen LogP contribution is 2.36. The van der Waals surface area contributed by atoms with Gasteiger partial charge in [-0.05, 0) is 76.9 Å². The van der Waals surface area contributed by atoms with E-state index in [2.05, 4.69) is 131 Å². The minimum Gasteiger partial charge on any atom is -0.309 e. The topological polar surface area (TPSA) is 17.8 Å². The Morgan fingerprint density at radius 1 is 0.474 bits per heavy atom. The number of pyridine rings is 1. The fourth-order valence-electron chi connectivity index (χ4n) is 5.66. The molecular formula is C35H22N2S. The summed E-state index contributed by atoms with van der Waals surface area (Å²) in [5, 5.41) is 3.79. The van der Waals surface area contributed by atoms with Crippen LogP contribution in [-0.4, -0.2) is 9.55 Å². The summed E-state index contributed by atoms with van der Waals surface area (Å²) in [5.74, 6) is 0. The van der Waals surface area contributed by atoms with Gasteiger partial charge in [-0.15, -0.1) is 11.3 Å². The summed E-state index contributed by atoms with van der Waals surface area (Å²) in [6.07, 6.45) is 1.88. The number of para-hydroxylation sites is 2. The maximum atomic E-state index is 4.64. The highest BCUT2D eigenvalue weighted by atomic mass is 32.1. The summed E-state index contributed by atoms with van der Waals surface area (Å²) in [4.78, 5) is 4.64. The van der Waals surface area contributed by atoms with Crippen LogP contribution in [-0.2, 0) is 0 Å². The Balaban J connectivity index is 1.20. The van der Waals surface area contributed by atoms with Crippen molar-refractivity contribution in [1.82, 2.24) is 9.55 Å². The van der Waals surface area contributed by atoms with Crippen LogP contribution in [0.15, 0.2) is 134 Å². The second kappa shape index (κ2) is 8.41. The Bertz CT molecular complexity index is 2080. The normalized spacial score (nSPS) is 11.7. The third-order valence-corrected chi connectivity index (χ3v) is 8.59. The van der Waals surface area contributed by atoms with Crippen molar-refractivity contribution >= 4 is 53.4 Å². The number of aromatic nitrogens is 2. The van der Waals surface area contributed by atoms with E-state index in [1.54, 1.807) is 11.3 Å². The molecule has 0 saturated carbocycles. The molecule has 2 nitrogen and oxygen atoms in total. The molecule has 38 heavy (non-hydrogen) atoms. The third kappa shape index (κ3) is 3.29. The Morgan fingerprint density at radius 2 is 1.13 bits per heavy atom. The minimum absolute atomic E-state index is 1.09. The first kappa shape index (κ1) is 21.4. The van der Waals surface area contributed by atoms with Crippen molar-refractivity contribution in [1.29, 1.82) is 0 Å². The molecule has 3 heterocycles. The molecule has 8 aromatic rings. The van der Waals surface area contributed by atoms with E-state index < -0.39 is 0 Å². The molecule has 178 valence electrons. The molecule has 0 fully saturated rings. The number of hydrogen-bond acceptors (Lipinski definition) is 2. The van der Waals surface area contributed by atoms with Gasteiger partial charge in [0.05, 0.1) is 21.3 Å².